The largest absolute Gasteiger partial charge is 0.381 e. The molecule has 2 aromatic heterocycles. The number of aromatic nitrogens is 4. The third-order valence-corrected chi connectivity index (χ3v) is 2.97. The minimum absolute atomic E-state index is 0.392. The Morgan fingerprint density at radius 1 is 1.29 bits per heavy atom. The minimum Gasteiger partial charge on any atom is -0.381 e. The van der Waals surface area contributed by atoms with Crippen molar-refractivity contribution in [2.75, 3.05) is 13.2 Å². The fourth-order valence-electron chi connectivity index (χ4n) is 1.71. The normalized spacial score (nSPS) is 11.3. The van der Waals surface area contributed by atoms with Crippen LogP contribution in [0.2, 0.25) is 5.15 Å². The molecule has 0 bridgehead atoms. The molecule has 0 aliphatic heterocycles. The van der Waals surface area contributed by atoms with Crippen molar-refractivity contribution in [2.24, 2.45) is 0 Å². The highest BCUT2D eigenvalue weighted by Crippen LogP contribution is 2.18. The van der Waals surface area contributed by atoms with E-state index >= 15 is 0 Å². The summed E-state index contributed by atoms with van der Waals surface area (Å²) in [6, 6.07) is 0. The number of hydrogen-bond acceptors (Lipinski definition) is 4. The molecule has 92 valence electrons. The van der Waals surface area contributed by atoms with E-state index in [-0.39, 0.29) is 0 Å². The first-order chi connectivity index (χ1) is 8.15. The zero-order valence-electron chi connectivity index (χ0n) is 10.2. The monoisotopic (exact) mass is 254 g/mol. The van der Waals surface area contributed by atoms with Crippen LogP contribution in [0.15, 0.2) is 0 Å². The van der Waals surface area contributed by atoms with Gasteiger partial charge in [-0.1, -0.05) is 11.6 Å². The van der Waals surface area contributed by atoms with Gasteiger partial charge < -0.3 is 4.74 Å². The fraction of sp³-hybridized carbons (Fsp3) is 0.545. The molecule has 0 amide bonds. The van der Waals surface area contributed by atoms with Crippen molar-refractivity contribution in [1.29, 1.82) is 0 Å². The van der Waals surface area contributed by atoms with Crippen molar-refractivity contribution in [3.8, 4) is 0 Å². The zero-order valence-corrected chi connectivity index (χ0v) is 11.0. The molecule has 0 aliphatic rings. The first-order valence-electron chi connectivity index (χ1n) is 5.59. The molecule has 0 aromatic carbocycles. The molecule has 17 heavy (non-hydrogen) atoms. The molecule has 2 rings (SSSR count). The summed E-state index contributed by atoms with van der Waals surface area (Å²) in [6.07, 6.45) is 0.718. The van der Waals surface area contributed by atoms with Gasteiger partial charge in [-0.25, -0.2) is 4.98 Å². The predicted octanol–water partition coefficient (Wildman–Crippen LogP) is 1.97. The number of fused-ring (bicyclic) bond motifs is 1. The Hall–Kier alpha value is -1.20. The summed E-state index contributed by atoms with van der Waals surface area (Å²) in [5, 5.41) is 8.59. The van der Waals surface area contributed by atoms with Gasteiger partial charge in [0.25, 0.3) is 0 Å². The van der Waals surface area contributed by atoms with Gasteiger partial charge in [-0.2, -0.15) is 0 Å². The lowest BCUT2D eigenvalue weighted by Gasteiger charge is -2.07. The van der Waals surface area contributed by atoms with E-state index in [1.165, 1.54) is 0 Å². The van der Waals surface area contributed by atoms with E-state index in [2.05, 4.69) is 15.2 Å². The molecular formula is C11H15ClN4O. The number of halogens is 1. The number of ether oxygens (including phenoxy) is 1. The van der Waals surface area contributed by atoms with E-state index in [1.54, 1.807) is 0 Å². The maximum Gasteiger partial charge on any atom is 0.198 e. The smallest absolute Gasteiger partial charge is 0.198 e. The standard InChI is InChI=1S/C11H15ClN4O/c1-4-17-6-5-9-14-15-11-10(12)13-7(2)8(3)16(9)11/h4-6H2,1-3H3. The molecule has 2 aromatic rings. The zero-order chi connectivity index (χ0) is 12.4. The molecule has 0 aliphatic carbocycles. The maximum absolute atomic E-state index is 6.04. The summed E-state index contributed by atoms with van der Waals surface area (Å²) in [4.78, 5) is 4.22. The second-order valence-corrected chi connectivity index (χ2v) is 4.15. The van der Waals surface area contributed by atoms with Gasteiger partial charge in [-0.15, -0.1) is 10.2 Å². The number of aryl methyl sites for hydroxylation is 2. The topological polar surface area (TPSA) is 52.3 Å². The van der Waals surface area contributed by atoms with Crippen LogP contribution in [0.25, 0.3) is 5.65 Å². The van der Waals surface area contributed by atoms with E-state index in [9.17, 15) is 0 Å². The highest BCUT2D eigenvalue weighted by atomic mass is 35.5. The van der Waals surface area contributed by atoms with Crippen LogP contribution in [-0.2, 0) is 11.2 Å². The van der Waals surface area contributed by atoms with E-state index < -0.39 is 0 Å². The summed E-state index contributed by atoms with van der Waals surface area (Å²) in [7, 11) is 0. The Morgan fingerprint density at radius 2 is 2.06 bits per heavy atom. The average molecular weight is 255 g/mol. The quantitative estimate of drug-likeness (QED) is 0.783. The van der Waals surface area contributed by atoms with Gasteiger partial charge in [-0.05, 0) is 20.8 Å². The van der Waals surface area contributed by atoms with Crippen molar-refractivity contribution in [3.63, 3.8) is 0 Å². The van der Waals surface area contributed by atoms with Crippen LogP contribution in [0.5, 0.6) is 0 Å². The Morgan fingerprint density at radius 3 is 2.76 bits per heavy atom. The van der Waals surface area contributed by atoms with Crippen LogP contribution < -0.4 is 0 Å². The van der Waals surface area contributed by atoms with Gasteiger partial charge in [0, 0.05) is 18.7 Å². The Kier molecular flexibility index (Phi) is 3.59. The molecule has 0 unspecified atom stereocenters. The van der Waals surface area contributed by atoms with Crippen molar-refractivity contribution in [3.05, 3.63) is 22.4 Å². The molecule has 0 saturated heterocycles. The van der Waals surface area contributed by atoms with Crippen molar-refractivity contribution in [1.82, 2.24) is 19.6 Å². The molecule has 0 N–H and O–H groups in total. The summed E-state index contributed by atoms with van der Waals surface area (Å²) >= 11 is 6.04. The van der Waals surface area contributed by atoms with Crippen LogP contribution in [0.4, 0.5) is 0 Å². The molecule has 0 atom stereocenters. The van der Waals surface area contributed by atoms with E-state index in [0.29, 0.717) is 24.0 Å². The molecule has 0 spiro atoms. The van der Waals surface area contributed by atoms with E-state index in [4.69, 9.17) is 16.3 Å². The second-order valence-electron chi connectivity index (χ2n) is 3.80. The van der Waals surface area contributed by atoms with Crippen LogP contribution in [0, 0.1) is 13.8 Å². The SMILES string of the molecule is CCOCCc1nnc2c(Cl)nc(C)c(C)n12. The lowest BCUT2D eigenvalue weighted by Crippen LogP contribution is -2.06. The maximum atomic E-state index is 6.04. The number of nitrogens with zero attached hydrogens (tertiary/aromatic N) is 4. The van der Waals surface area contributed by atoms with Crippen LogP contribution in [0.1, 0.15) is 24.1 Å². The van der Waals surface area contributed by atoms with Crippen molar-refractivity contribution >= 4 is 17.2 Å². The van der Waals surface area contributed by atoms with Gasteiger partial charge in [-0.3, -0.25) is 4.40 Å². The van der Waals surface area contributed by atoms with E-state index in [1.807, 2.05) is 25.2 Å². The molecule has 0 fully saturated rings. The summed E-state index contributed by atoms with van der Waals surface area (Å²) in [5.74, 6) is 0.860. The fourth-order valence-corrected chi connectivity index (χ4v) is 1.96. The molecule has 2 heterocycles. The number of rotatable bonds is 4. The second kappa shape index (κ2) is 4.98. The Balaban J connectivity index is 2.44. The molecule has 0 saturated carbocycles. The van der Waals surface area contributed by atoms with Gasteiger partial charge in [0.2, 0.25) is 0 Å². The summed E-state index contributed by atoms with van der Waals surface area (Å²) in [6.45, 7) is 7.22. The Labute approximate surface area is 105 Å². The van der Waals surface area contributed by atoms with Gasteiger partial charge in [0.1, 0.15) is 5.82 Å². The summed E-state index contributed by atoms with van der Waals surface area (Å²) in [5.41, 5.74) is 2.52. The van der Waals surface area contributed by atoms with Crippen LogP contribution in [0.3, 0.4) is 0 Å². The van der Waals surface area contributed by atoms with E-state index in [0.717, 1.165) is 23.6 Å². The lowest BCUT2D eigenvalue weighted by atomic mass is 10.3. The number of hydrogen-bond donors (Lipinski definition) is 0. The first-order valence-corrected chi connectivity index (χ1v) is 5.97. The lowest BCUT2D eigenvalue weighted by molar-refractivity contribution is 0.149. The van der Waals surface area contributed by atoms with Crippen molar-refractivity contribution in [2.45, 2.75) is 27.2 Å². The predicted molar refractivity (Wildman–Crippen MR) is 65.5 cm³/mol. The molecular weight excluding hydrogens is 240 g/mol. The van der Waals surface area contributed by atoms with Gasteiger partial charge in [0.05, 0.1) is 12.3 Å². The average Bonchev–Trinajstić information content (AvgIpc) is 2.71. The van der Waals surface area contributed by atoms with Gasteiger partial charge >= 0.3 is 0 Å². The Bertz CT molecular complexity index is 538. The summed E-state index contributed by atoms with van der Waals surface area (Å²) < 4.78 is 7.27. The van der Waals surface area contributed by atoms with Gasteiger partial charge in [0.15, 0.2) is 10.8 Å². The molecule has 0 radical (unpaired) electrons. The highest BCUT2D eigenvalue weighted by molar-refractivity contribution is 6.32. The van der Waals surface area contributed by atoms with Crippen molar-refractivity contribution < 1.29 is 4.74 Å². The minimum atomic E-state index is 0.392. The highest BCUT2D eigenvalue weighted by Gasteiger charge is 2.13. The third kappa shape index (κ3) is 2.25. The third-order valence-electron chi connectivity index (χ3n) is 2.71. The van der Waals surface area contributed by atoms with Crippen LogP contribution in [-0.4, -0.2) is 32.8 Å². The molecule has 6 heteroatoms. The molecule has 5 nitrogen and oxygen atoms in total. The van der Waals surface area contributed by atoms with Crippen LogP contribution >= 0.6 is 11.6 Å². The first kappa shape index (κ1) is 12.3.